The molecular formula is C15H11ClFN3O2. The predicted molar refractivity (Wildman–Crippen MR) is 80.5 cm³/mol. The van der Waals surface area contributed by atoms with E-state index in [9.17, 15) is 14.3 Å². The smallest absolute Gasteiger partial charge is 0.343 e. The first-order chi connectivity index (χ1) is 10.6. The van der Waals surface area contributed by atoms with Gasteiger partial charge in [-0.15, -0.1) is 0 Å². The molecule has 1 aromatic heterocycles. The molecule has 0 aliphatic heterocycles. The Morgan fingerprint density at radius 1 is 1.27 bits per heavy atom. The summed E-state index contributed by atoms with van der Waals surface area (Å²) < 4.78 is 15.0. The first-order valence-corrected chi connectivity index (χ1v) is 6.81. The minimum atomic E-state index is -0.493. The molecule has 0 aliphatic carbocycles. The van der Waals surface area contributed by atoms with Gasteiger partial charge in [-0.3, -0.25) is 4.57 Å². The lowest BCUT2D eigenvalue weighted by atomic mass is 10.1. The highest BCUT2D eigenvalue weighted by molar-refractivity contribution is 6.30. The van der Waals surface area contributed by atoms with E-state index in [1.165, 1.54) is 16.7 Å². The molecule has 0 spiro atoms. The molecule has 22 heavy (non-hydrogen) atoms. The van der Waals surface area contributed by atoms with E-state index < -0.39 is 11.5 Å². The Balaban J connectivity index is 2.08. The van der Waals surface area contributed by atoms with Crippen molar-refractivity contribution in [2.24, 2.45) is 0 Å². The van der Waals surface area contributed by atoms with Crippen LogP contribution in [0.2, 0.25) is 5.02 Å². The minimum absolute atomic E-state index is 0.000589. The summed E-state index contributed by atoms with van der Waals surface area (Å²) in [5.74, 6) is -0.314. The highest BCUT2D eigenvalue weighted by Crippen LogP contribution is 2.29. The summed E-state index contributed by atoms with van der Waals surface area (Å²) in [6.07, 6.45) is 0. The van der Waals surface area contributed by atoms with Crippen molar-refractivity contribution in [3.63, 3.8) is 0 Å². The predicted octanol–water partition coefficient (Wildman–Crippen LogP) is 2.78. The highest BCUT2D eigenvalue weighted by Gasteiger charge is 2.16. The topological polar surface area (TPSA) is 70.9 Å². The van der Waals surface area contributed by atoms with Crippen LogP contribution in [0.3, 0.4) is 0 Å². The van der Waals surface area contributed by atoms with Gasteiger partial charge in [-0.05, 0) is 24.3 Å². The number of phenolic OH excluding ortho intramolecular Hbond substituents is 1. The zero-order valence-electron chi connectivity index (χ0n) is 11.3. The van der Waals surface area contributed by atoms with E-state index in [2.05, 4.69) is 10.2 Å². The van der Waals surface area contributed by atoms with E-state index in [4.69, 9.17) is 11.6 Å². The van der Waals surface area contributed by atoms with Crippen LogP contribution in [0.25, 0.3) is 11.4 Å². The summed E-state index contributed by atoms with van der Waals surface area (Å²) in [5, 5.41) is 16.5. The molecule has 7 heteroatoms. The lowest BCUT2D eigenvalue weighted by Gasteiger charge is -2.08. The number of nitrogens with zero attached hydrogens (tertiary/aromatic N) is 2. The van der Waals surface area contributed by atoms with Gasteiger partial charge in [0.1, 0.15) is 11.6 Å². The number of H-pyrrole nitrogens is 1. The summed E-state index contributed by atoms with van der Waals surface area (Å²) in [6, 6.07) is 10.6. The van der Waals surface area contributed by atoms with Gasteiger partial charge in [0, 0.05) is 10.6 Å². The normalized spacial score (nSPS) is 10.8. The lowest BCUT2D eigenvalue weighted by molar-refractivity contribution is 0.476. The molecular weight excluding hydrogens is 309 g/mol. The van der Waals surface area contributed by atoms with Crippen molar-refractivity contribution in [1.29, 1.82) is 0 Å². The van der Waals surface area contributed by atoms with E-state index >= 15 is 0 Å². The third-order valence-electron chi connectivity index (χ3n) is 3.25. The summed E-state index contributed by atoms with van der Waals surface area (Å²) in [6.45, 7) is -0.000589. The lowest BCUT2D eigenvalue weighted by Crippen LogP contribution is -2.19. The van der Waals surface area contributed by atoms with Crippen LogP contribution in [0, 0.1) is 5.82 Å². The van der Waals surface area contributed by atoms with E-state index in [-0.39, 0.29) is 18.1 Å². The van der Waals surface area contributed by atoms with Crippen molar-refractivity contribution in [1.82, 2.24) is 14.8 Å². The second-order valence-electron chi connectivity index (χ2n) is 4.69. The fourth-order valence-corrected chi connectivity index (χ4v) is 2.33. The van der Waals surface area contributed by atoms with Gasteiger partial charge in [0.15, 0.2) is 5.82 Å². The van der Waals surface area contributed by atoms with Crippen LogP contribution >= 0.6 is 11.6 Å². The Morgan fingerprint density at radius 2 is 2.05 bits per heavy atom. The third-order valence-corrected chi connectivity index (χ3v) is 3.48. The van der Waals surface area contributed by atoms with Gasteiger partial charge in [-0.2, -0.15) is 5.10 Å². The van der Waals surface area contributed by atoms with Crippen LogP contribution in [0.1, 0.15) is 5.56 Å². The number of halogens is 2. The van der Waals surface area contributed by atoms with Crippen molar-refractivity contribution < 1.29 is 9.50 Å². The molecule has 0 atom stereocenters. The van der Waals surface area contributed by atoms with E-state index in [0.29, 0.717) is 16.1 Å². The Bertz CT molecular complexity index is 888. The third kappa shape index (κ3) is 2.60. The molecule has 2 N–H and O–H groups in total. The SMILES string of the molecule is O=c1[nH]nc(-c2ccc(Cl)cc2O)n1Cc1ccccc1F. The molecule has 0 saturated carbocycles. The Morgan fingerprint density at radius 3 is 2.77 bits per heavy atom. The average molecular weight is 320 g/mol. The molecule has 5 nitrogen and oxygen atoms in total. The largest absolute Gasteiger partial charge is 0.507 e. The average Bonchev–Trinajstić information content (AvgIpc) is 2.83. The Hall–Kier alpha value is -2.60. The van der Waals surface area contributed by atoms with Gasteiger partial charge in [-0.1, -0.05) is 29.8 Å². The number of benzene rings is 2. The van der Waals surface area contributed by atoms with Crippen LogP contribution in [-0.2, 0) is 6.54 Å². The second kappa shape index (κ2) is 5.65. The van der Waals surface area contributed by atoms with Gasteiger partial charge < -0.3 is 5.11 Å². The maximum atomic E-state index is 13.8. The van der Waals surface area contributed by atoms with E-state index in [1.54, 1.807) is 30.3 Å². The van der Waals surface area contributed by atoms with E-state index in [1.807, 2.05) is 0 Å². The number of hydrogen-bond donors (Lipinski definition) is 2. The molecule has 112 valence electrons. The fourth-order valence-electron chi connectivity index (χ4n) is 2.16. The van der Waals surface area contributed by atoms with Gasteiger partial charge >= 0.3 is 5.69 Å². The molecule has 3 rings (SSSR count). The number of aromatic nitrogens is 3. The van der Waals surface area contributed by atoms with Crippen molar-refractivity contribution >= 4 is 11.6 Å². The fraction of sp³-hybridized carbons (Fsp3) is 0.0667. The van der Waals surface area contributed by atoms with Crippen molar-refractivity contribution in [3.8, 4) is 17.1 Å². The van der Waals surface area contributed by atoms with Crippen LogP contribution in [0.15, 0.2) is 47.3 Å². The molecule has 0 amide bonds. The van der Waals surface area contributed by atoms with Gasteiger partial charge in [0.05, 0.1) is 12.1 Å². The first kappa shape index (κ1) is 14.3. The number of rotatable bonds is 3. The minimum Gasteiger partial charge on any atom is -0.507 e. The molecule has 0 radical (unpaired) electrons. The molecule has 3 aromatic rings. The Labute approximate surface area is 129 Å². The van der Waals surface area contributed by atoms with Crippen LogP contribution in [0.5, 0.6) is 5.75 Å². The van der Waals surface area contributed by atoms with Crippen LogP contribution in [0.4, 0.5) is 4.39 Å². The zero-order valence-corrected chi connectivity index (χ0v) is 12.0. The van der Waals surface area contributed by atoms with Crippen LogP contribution < -0.4 is 5.69 Å². The second-order valence-corrected chi connectivity index (χ2v) is 5.13. The quantitative estimate of drug-likeness (QED) is 0.780. The number of nitrogens with one attached hydrogen (secondary N) is 1. The molecule has 0 fully saturated rings. The summed E-state index contributed by atoms with van der Waals surface area (Å²) >= 11 is 5.79. The molecule has 0 aliphatic rings. The first-order valence-electron chi connectivity index (χ1n) is 6.44. The van der Waals surface area contributed by atoms with Gasteiger partial charge in [-0.25, -0.2) is 14.3 Å². The van der Waals surface area contributed by atoms with Crippen LogP contribution in [-0.4, -0.2) is 19.9 Å². The molecule has 2 aromatic carbocycles. The molecule has 1 heterocycles. The van der Waals surface area contributed by atoms with Crippen molar-refractivity contribution in [2.45, 2.75) is 6.54 Å². The van der Waals surface area contributed by atoms with Gasteiger partial charge in [0.2, 0.25) is 0 Å². The number of aromatic hydroxyl groups is 1. The van der Waals surface area contributed by atoms with E-state index in [0.717, 1.165) is 0 Å². The number of hydrogen-bond acceptors (Lipinski definition) is 3. The monoisotopic (exact) mass is 319 g/mol. The molecule has 0 unspecified atom stereocenters. The summed E-state index contributed by atoms with van der Waals surface area (Å²) in [7, 11) is 0. The summed E-state index contributed by atoms with van der Waals surface area (Å²) in [5.41, 5.74) is 0.187. The molecule has 0 bridgehead atoms. The number of aromatic amines is 1. The maximum Gasteiger partial charge on any atom is 0.343 e. The maximum absolute atomic E-state index is 13.8. The van der Waals surface area contributed by atoms with Crippen molar-refractivity contribution in [2.75, 3.05) is 0 Å². The van der Waals surface area contributed by atoms with Gasteiger partial charge in [0.25, 0.3) is 0 Å². The zero-order chi connectivity index (χ0) is 15.7. The van der Waals surface area contributed by atoms with Crippen molar-refractivity contribution in [3.05, 3.63) is 69.4 Å². The summed E-state index contributed by atoms with van der Waals surface area (Å²) in [4.78, 5) is 11.9. The number of phenols is 1. The molecule has 0 saturated heterocycles. The highest BCUT2D eigenvalue weighted by atomic mass is 35.5. The Kier molecular flexibility index (Phi) is 3.68. The standard InChI is InChI=1S/C15H11ClFN3O2/c16-10-5-6-11(13(21)7-10)14-18-19-15(22)20(14)8-9-3-1-2-4-12(9)17/h1-7,21H,8H2,(H,19,22).